The number of aromatic nitrogens is 2. The van der Waals surface area contributed by atoms with Gasteiger partial charge >= 0.3 is 0 Å². The molecule has 3 rings (SSSR count). The minimum Gasteiger partial charge on any atom is -0.487 e. The smallest absolute Gasteiger partial charge is 0.128 e. The van der Waals surface area contributed by atoms with Gasteiger partial charge in [0.05, 0.1) is 16.7 Å². The van der Waals surface area contributed by atoms with Crippen LogP contribution >= 0.6 is 11.6 Å². The molecule has 4 heteroatoms. The Morgan fingerprint density at radius 3 is 2.74 bits per heavy atom. The highest BCUT2D eigenvalue weighted by Crippen LogP contribution is 2.20. The molecule has 19 heavy (non-hydrogen) atoms. The molecule has 0 spiro atoms. The molecule has 0 aliphatic rings. The monoisotopic (exact) mass is 272 g/mol. The first-order valence-corrected chi connectivity index (χ1v) is 6.39. The van der Waals surface area contributed by atoms with E-state index in [1.54, 1.807) is 6.20 Å². The van der Waals surface area contributed by atoms with Gasteiger partial charge in [-0.3, -0.25) is 4.98 Å². The first kappa shape index (κ1) is 12.1. The Morgan fingerprint density at radius 1 is 1.21 bits per heavy atom. The van der Waals surface area contributed by atoms with Crippen LogP contribution in [0.5, 0.6) is 5.75 Å². The fraction of sp³-hybridized carbons (Fsp3) is 0.133. The van der Waals surface area contributed by atoms with Crippen LogP contribution < -0.4 is 4.74 Å². The highest BCUT2D eigenvalue weighted by atomic mass is 35.5. The van der Waals surface area contributed by atoms with Crippen LogP contribution in [0.25, 0.3) is 11.0 Å². The Balaban J connectivity index is 1.82. The molecule has 0 aliphatic heterocycles. The maximum atomic E-state index is 5.84. The minimum absolute atomic E-state index is 0.508. The third-order valence-corrected chi connectivity index (χ3v) is 3.36. The van der Waals surface area contributed by atoms with Crippen molar-refractivity contribution in [1.29, 1.82) is 0 Å². The van der Waals surface area contributed by atoms with Crippen molar-refractivity contribution in [2.75, 3.05) is 0 Å². The quantitative estimate of drug-likeness (QED) is 0.725. The van der Waals surface area contributed by atoms with E-state index in [4.69, 9.17) is 16.3 Å². The summed E-state index contributed by atoms with van der Waals surface area (Å²) in [6, 6.07) is 13.4. The molecule has 0 bridgehead atoms. The third-order valence-electron chi connectivity index (χ3n) is 3.11. The number of benzene rings is 1. The lowest BCUT2D eigenvalue weighted by Crippen LogP contribution is -2.01. The van der Waals surface area contributed by atoms with Gasteiger partial charge < -0.3 is 9.30 Å². The van der Waals surface area contributed by atoms with Crippen LogP contribution in [0.4, 0.5) is 0 Å². The fourth-order valence-corrected chi connectivity index (χ4v) is 2.17. The number of halogens is 1. The van der Waals surface area contributed by atoms with E-state index < -0.39 is 0 Å². The number of hydrogen-bond acceptors (Lipinski definition) is 2. The number of nitrogens with zero attached hydrogens (tertiary/aromatic N) is 2. The molecule has 3 nitrogen and oxygen atoms in total. The summed E-state index contributed by atoms with van der Waals surface area (Å²) in [7, 11) is 2.02. The Labute approximate surface area is 116 Å². The average molecular weight is 273 g/mol. The molecule has 0 radical (unpaired) electrons. The Morgan fingerprint density at radius 2 is 2.00 bits per heavy atom. The highest BCUT2D eigenvalue weighted by molar-refractivity contribution is 6.30. The molecule has 2 heterocycles. The standard InChI is InChI=1S/C15H13ClN2O/c1-18-12(9-14-15(18)3-2-8-17-14)10-19-13-6-4-11(16)5-7-13/h2-9H,10H2,1H3. The number of pyridine rings is 1. The topological polar surface area (TPSA) is 27.1 Å². The molecule has 0 unspecified atom stereocenters. The summed E-state index contributed by atoms with van der Waals surface area (Å²) >= 11 is 5.84. The fourth-order valence-electron chi connectivity index (χ4n) is 2.04. The number of ether oxygens (including phenoxy) is 1. The lowest BCUT2D eigenvalue weighted by molar-refractivity contribution is 0.298. The van der Waals surface area contributed by atoms with Crippen LogP contribution in [-0.4, -0.2) is 9.55 Å². The molecule has 1 aromatic carbocycles. The molecule has 0 saturated heterocycles. The molecule has 0 N–H and O–H groups in total. The molecule has 0 aliphatic carbocycles. The second-order valence-corrected chi connectivity index (χ2v) is 4.78. The van der Waals surface area contributed by atoms with Gasteiger partial charge in [0.25, 0.3) is 0 Å². The summed E-state index contributed by atoms with van der Waals surface area (Å²) in [4.78, 5) is 4.34. The predicted molar refractivity (Wildman–Crippen MR) is 76.5 cm³/mol. The summed E-state index contributed by atoms with van der Waals surface area (Å²) in [5, 5.41) is 0.709. The average Bonchev–Trinajstić information content (AvgIpc) is 2.76. The van der Waals surface area contributed by atoms with Gasteiger partial charge in [-0.2, -0.15) is 0 Å². The van der Waals surface area contributed by atoms with Gasteiger partial charge in [0.15, 0.2) is 0 Å². The second-order valence-electron chi connectivity index (χ2n) is 4.35. The van der Waals surface area contributed by atoms with Crippen molar-refractivity contribution in [3.63, 3.8) is 0 Å². The molecule has 2 aromatic heterocycles. The minimum atomic E-state index is 0.508. The Hall–Kier alpha value is -2.00. The second kappa shape index (κ2) is 4.94. The van der Waals surface area contributed by atoms with Crippen LogP contribution in [0.1, 0.15) is 5.69 Å². The van der Waals surface area contributed by atoms with E-state index in [1.807, 2.05) is 49.5 Å². The number of rotatable bonds is 3. The van der Waals surface area contributed by atoms with Crippen molar-refractivity contribution in [3.05, 3.63) is 59.4 Å². The lowest BCUT2D eigenvalue weighted by Gasteiger charge is -2.07. The summed E-state index contributed by atoms with van der Waals surface area (Å²) < 4.78 is 7.85. The van der Waals surface area contributed by atoms with Gasteiger partial charge in [-0.05, 0) is 42.5 Å². The highest BCUT2D eigenvalue weighted by Gasteiger charge is 2.06. The molecule has 0 atom stereocenters. The van der Waals surface area contributed by atoms with Crippen molar-refractivity contribution in [2.45, 2.75) is 6.61 Å². The summed E-state index contributed by atoms with van der Waals surface area (Å²) in [5.41, 5.74) is 3.18. The number of hydrogen-bond donors (Lipinski definition) is 0. The van der Waals surface area contributed by atoms with Gasteiger partial charge in [-0.1, -0.05) is 11.6 Å². The molecule has 0 fully saturated rings. The normalized spacial score (nSPS) is 10.8. The molecule has 96 valence electrons. The number of fused-ring (bicyclic) bond motifs is 1. The van der Waals surface area contributed by atoms with Crippen molar-refractivity contribution < 1.29 is 4.74 Å². The molecule has 0 saturated carbocycles. The first-order chi connectivity index (χ1) is 9.24. The van der Waals surface area contributed by atoms with Crippen LogP contribution in [-0.2, 0) is 13.7 Å². The van der Waals surface area contributed by atoms with Gasteiger partial charge in [-0.15, -0.1) is 0 Å². The zero-order chi connectivity index (χ0) is 13.2. The first-order valence-electron chi connectivity index (χ1n) is 6.02. The Kier molecular flexibility index (Phi) is 3.13. The van der Waals surface area contributed by atoms with Crippen LogP contribution in [0.2, 0.25) is 5.02 Å². The number of aryl methyl sites for hydroxylation is 1. The molecular formula is C15H13ClN2O. The van der Waals surface area contributed by atoms with Crippen molar-refractivity contribution >= 4 is 22.6 Å². The van der Waals surface area contributed by atoms with Gasteiger partial charge in [0, 0.05) is 18.3 Å². The van der Waals surface area contributed by atoms with E-state index in [9.17, 15) is 0 Å². The summed E-state index contributed by atoms with van der Waals surface area (Å²) in [6.07, 6.45) is 1.80. The van der Waals surface area contributed by atoms with E-state index in [2.05, 4.69) is 9.55 Å². The zero-order valence-electron chi connectivity index (χ0n) is 10.5. The van der Waals surface area contributed by atoms with E-state index in [-0.39, 0.29) is 0 Å². The van der Waals surface area contributed by atoms with Gasteiger partial charge in [0.2, 0.25) is 0 Å². The van der Waals surface area contributed by atoms with E-state index in [0.29, 0.717) is 11.6 Å². The van der Waals surface area contributed by atoms with E-state index >= 15 is 0 Å². The largest absolute Gasteiger partial charge is 0.487 e. The van der Waals surface area contributed by atoms with E-state index in [1.165, 1.54) is 0 Å². The van der Waals surface area contributed by atoms with Crippen molar-refractivity contribution in [3.8, 4) is 5.75 Å². The van der Waals surface area contributed by atoms with Crippen LogP contribution in [0.15, 0.2) is 48.7 Å². The summed E-state index contributed by atoms with van der Waals surface area (Å²) in [5.74, 6) is 0.808. The summed E-state index contributed by atoms with van der Waals surface area (Å²) in [6.45, 7) is 0.508. The maximum Gasteiger partial charge on any atom is 0.128 e. The third kappa shape index (κ3) is 2.42. The maximum absolute atomic E-state index is 5.84. The van der Waals surface area contributed by atoms with Crippen molar-refractivity contribution in [2.24, 2.45) is 7.05 Å². The van der Waals surface area contributed by atoms with Gasteiger partial charge in [0.1, 0.15) is 12.4 Å². The molecule has 0 amide bonds. The van der Waals surface area contributed by atoms with Gasteiger partial charge in [-0.25, -0.2) is 0 Å². The zero-order valence-corrected chi connectivity index (χ0v) is 11.3. The van der Waals surface area contributed by atoms with Crippen LogP contribution in [0.3, 0.4) is 0 Å². The molecular weight excluding hydrogens is 260 g/mol. The SMILES string of the molecule is Cn1c(COc2ccc(Cl)cc2)cc2ncccc21. The van der Waals surface area contributed by atoms with E-state index in [0.717, 1.165) is 22.5 Å². The van der Waals surface area contributed by atoms with Crippen LogP contribution in [0, 0.1) is 0 Å². The Bertz CT molecular complexity index is 704. The predicted octanol–water partition coefficient (Wildman–Crippen LogP) is 3.81. The molecule has 3 aromatic rings. The lowest BCUT2D eigenvalue weighted by atomic mass is 10.3. The van der Waals surface area contributed by atoms with Crippen molar-refractivity contribution in [1.82, 2.24) is 9.55 Å².